The van der Waals surface area contributed by atoms with Gasteiger partial charge in [-0.15, -0.1) is 0 Å². The largest absolute Gasteiger partial charge is 0.457 e. The van der Waals surface area contributed by atoms with Crippen molar-refractivity contribution in [2.24, 2.45) is 0 Å². The maximum absolute atomic E-state index is 11.7. The molecule has 4 nitrogen and oxygen atoms in total. The van der Waals surface area contributed by atoms with Crippen LogP contribution >= 0.6 is 0 Å². The summed E-state index contributed by atoms with van der Waals surface area (Å²) in [5, 5.41) is 9.14. The van der Waals surface area contributed by atoms with Gasteiger partial charge in [-0.3, -0.25) is 4.79 Å². The second kappa shape index (κ2) is 24.1. The van der Waals surface area contributed by atoms with Crippen LogP contribution in [0.2, 0.25) is 0 Å². The summed E-state index contributed by atoms with van der Waals surface area (Å²) in [7, 11) is 0. The lowest BCUT2D eigenvalue weighted by Gasteiger charge is -2.14. The highest BCUT2D eigenvalue weighted by atomic mass is 16.6. The zero-order valence-electron chi connectivity index (χ0n) is 19.5. The Morgan fingerprint density at radius 3 is 1.61 bits per heavy atom. The van der Waals surface area contributed by atoms with Crippen molar-refractivity contribution in [2.75, 3.05) is 19.8 Å². The highest BCUT2D eigenvalue weighted by Gasteiger charge is 2.12. The van der Waals surface area contributed by atoms with Crippen molar-refractivity contribution >= 4 is 5.97 Å². The first-order chi connectivity index (χ1) is 15.2. The molecule has 0 fully saturated rings. The van der Waals surface area contributed by atoms with Crippen LogP contribution in [0.3, 0.4) is 0 Å². The third-order valence-electron chi connectivity index (χ3n) is 4.12. The van der Waals surface area contributed by atoms with Gasteiger partial charge in [-0.05, 0) is 51.9 Å². The van der Waals surface area contributed by atoms with Crippen LogP contribution in [-0.2, 0) is 14.3 Å². The second-order valence-electron chi connectivity index (χ2n) is 6.91. The van der Waals surface area contributed by atoms with Crippen molar-refractivity contribution in [3.8, 4) is 0 Å². The Balaban J connectivity index is 3.68. The fourth-order valence-electron chi connectivity index (χ4n) is 2.46. The molecule has 0 aliphatic carbocycles. The molecule has 0 aromatic rings. The van der Waals surface area contributed by atoms with E-state index in [1.807, 2.05) is 19.1 Å². The normalized spacial score (nSPS) is 13.8. The molecule has 0 saturated heterocycles. The number of carbonyl (C=O) groups is 1. The Morgan fingerprint density at radius 1 is 0.742 bits per heavy atom. The quantitative estimate of drug-likeness (QED) is 0.190. The third kappa shape index (κ3) is 22.3. The predicted octanol–water partition coefficient (Wildman–Crippen LogP) is 6.40. The number of aliphatic hydroxyl groups is 1. The summed E-state index contributed by atoms with van der Waals surface area (Å²) in [6, 6.07) is 0. The summed E-state index contributed by atoms with van der Waals surface area (Å²) in [6.07, 6.45) is 32.1. The van der Waals surface area contributed by atoms with Gasteiger partial charge in [0, 0.05) is 13.0 Å². The van der Waals surface area contributed by atoms with Crippen LogP contribution in [0, 0.1) is 0 Å². The first-order valence-electron chi connectivity index (χ1n) is 11.5. The van der Waals surface area contributed by atoms with E-state index >= 15 is 0 Å². The van der Waals surface area contributed by atoms with Crippen LogP contribution in [-0.4, -0.2) is 37.0 Å². The van der Waals surface area contributed by atoms with Crippen molar-refractivity contribution in [3.63, 3.8) is 0 Å². The average molecular weight is 431 g/mol. The van der Waals surface area contributed by atoms with Crippen LogP contribution in [0.15, 0.2) is 72.9 Å². The molecule has 0 heterocycles. The minimum atomic E-state index is -0.572. The van der Waals surface area contributed by atoms with Crippen LogP contribution in [0.4, 0.5) is 0 Å². The molecule has 174 valence electrons. The lowest BCUT2D eigenvalue weighted by Crippen LogP contribution is -2.27. The smallest absolute Gasteiger partial charge is 0.306 e. The highest BCUT2D eigenvalue weighted by Crippen LogP contribution is 2.01. The van der Waals surface area contributed by atoms with Crippen molar-refractivity contribution in [1.82, 2.24) is 0 Å². The van der Waals surface area contributed by atoms with E-state index in [0.29, 0.717) is 19.4 Å². The Kier molecular flexibility index (Phi) is 22.4. The fraction of sp³-hybridized carbons (Fsp3) is 0.519. The molecule has 1 N–H and O–H groups in total. The molecule has 0 radical (unpaired) electrons. The number of esters is 1. The molecular formula is C27H42O4. The number of rotatable bonds is 19. The monoisotopic (exact) mass is 430 g/mol. The molecule has 1 atom stereocenters. The van der Waals surface area contributed by atoms with Gasteiger partial charge < -0.3 is 14.6 Å². The molecule has 0 amide bonds. The van der Waals surface area contributed by atoms with Gasteiger partial charge in [-0.1, -0.05) is 79.8 Å². The lowest BCUT2D eigenvalue weighted by molar-refractivity contribution is -0.154. The number of hydrogen-bond donors (Lipinski definition) is 1. The third-order valence-corrected chi connectivity index (χ3v) is 4.12. The lowest BCUT2D eigenvalue weighted by atomic mass is 10.2. The van der Waals surface area contributed by atoms with E-state index in [2.05, 4.69) is 67.7 Å². The van der Waals surface area contributed by atoms with Gasteiger partial charge in [0.1, 0.15) is 6.10 Å². The number of ether oxygens (including phenoxy) is 2. The van der Waals surface area contributed by atoms with E-state index in [-0.39, 0.29) is 19.2 Å². The Labute approximate surface area is 189 Å². The van der Waals surface area contributed by atoms with Crippen LogP contribution in [0.25, 0.3) is 0 Å². The Hall–Kier alpha value is -2.17. The summed E-state index contributed by atoms with van der Waals surface area (Å²) in [6.45, 7) is 4.56. The summed E-state index contributed by atoms with van der Waals surface area (Å²) in [5.74, 6) is -0.307. The van der Waals surface area contributed by atoms with Crippen molar-refractivity contribution in [1.29, 1.82) is 0 Å². The van der Waals surface area contributed by atoms with Crippen molar-refractivity contribution in [3.05, 3.63) is 72.9 Å². The van der Waals surface area contributed by atoms with E-state index in [0.717, 1.165) is 38.5 Å². The van der Waals surface area contributed by atoms with Gasteiger partial charge >= 0.3 is 5.97 Å². The van der Waals surface area contributed by atoms with Crippen molar-refractivity contribution in [2.45, 2.75) is 71.3 Å². The highest BCUT2D eigenvalue weighted by molar-refractivity contribution is 5.69. The van der Waals surface area contributed by atoms with Gasteiger partial charge in [0.25, 0.3) is 0 Å². The number of hydrogen-bond acceptors (Lipinski definition) is 4. The number of aliphatic hydroxyl groups excluding tert-OH is 1. The van der Waals surface area contributed by atoms with Crippen LogP contribution in [0.1, 0.15) is 65.2 Å². The molecule has 0 aromatic heterocycles. The fourth-order valence-corrected chi connectivity index (χ4v) is 2.46. The molecular weight excluding hydrogens is 388 g/mol. The number of allylic oxidation sites excluding steroid dienone is 12. The maximum atomic E-state index is 11.7. The Bertz CT molecular complexity index is 582. The summed E-state index contributed by atoms with van der Waals surface area (Å²) >= 11 is 0. The summed E-state index contributed by atoms with van der Waals surface area (Å²) < 4.78 is 10.3. The topological polar surface area (TPSA) is 55.8 Å². The Morgan fingerprint density at radius 2 is 1.19 bits per heavy atom. The molecule has 1 unspecified atom stereocenters. The minimum absolute atomic E-state index is 0.217. The molecule has 0 bridgehead atoms. The van der Waals surface area contributed by atoms with Gasteiger partial charge in [0.2, 0.25) is 0 Å². The molecule has 0 aliphatic rings. The summed E-state index contributed by atoms with van der Waals surface area (Å²) in [4.78, 5) is 11.7. The maximum Gasteiger partial charge on any atom is 0.306 e. The summed E-state index contributed by atoms with van der Waals surface area (Å²) in [5.41, 5.74) is 0. The first-order valence-corrected chi connectivity index (χ1v) is 11.5. The van der Waals surface area contributed by atoms with E-state index in [1.165, 1.54) is 0 Å². The van der Waals surface area contributed by atoms with Gasteiger partial charge in [0.15, 0.2) is 0 Å². The van der Waals surface area contributed by atoms with Gasteiger partial charge in [0.05, 0.1) is 13.2 Å². The molecule has 31 heavy (non-hydrogen) atoms. The number of carbonyl (C=O) groups excluding carboxylic acids is 1. The molecule has 0 saturated carbocycles. The standard InChI is InChI=1S/C27H42O4/c1-3-5-6-7-8-9-10-11-12-13-14-15-16-17-18-19-20-21-22-23-27(29)31-26(24-28)25-30-4-2/h5-6,8-9,11-12,14-15,17-18,20-21,26,28H,3-4,7,10,13,16,19,22-25H2,1-2H3/b6-5-,9-8-,12-11-,15-14-,18-17-,21-20-. The van der Waals surface area contributed by atoms with E-state index in [4.69, 9.17) is 14.6 Å². The second-order valence-corrected chi connectivity index (χ2v) is 6.91. The minimum Gasteiger partial charge on any atom is -0.457 e. The van der Waals surface area contributed by atoms with E-state index < -0.39 is 6.10 Å². The first kappa shape index (κ1) is 28.8. The molecule has 0 aliphatic heterocycles. The van der Waals surface area contributed by atoms with E-state index in [1.54, 1.807) is 0 Å². The average Bonchev–Trinajstić information content (AvgIpc) is 2.78. The predicted molar refractivity (Wildman–Crippen MR) is 131 cm³/mol. The molecule has 0 aromatic carbocycles. The molecule has 0 rings (SSSR count). The molecule has 0 spiro atoms. The van der Waals surface area contributed by atoms with Crippen LogP contribution in [0.5, 0.6) is 0 Å². The zero-order valence-corrected chi connectivity index (χ0v) is 19.5. The van der Waals surface area contributed by atoms with Gasteiger partial charge in [-0.25, -0.2) is 0 Å². The SMILES string of the molecule is CC/C=C\C/C=C\C/C=C\C/C=C\C/C=C\C/C=C\CCC(=O)OC(CO)COCC. The zero-order chi connectivity index (χ0) is 22.8. The van der Waals surface area contributed by atoms with E-state index in [9.17, 15) is 4.79 Å². The van der Waals surface area contributed by atoms with Gasteiger partial charge in [-0.2, -0.15) is 0 Å². The van der Waals surface area contributed by atoms with Crippen LogP contribution < -0.4 is 0 Å². The van der Waals surface area contributed by atoms with Crippen molar-refractivity contribution < 1.29 is 19.4 Å². The molecule has 4 heteroatoms.